The van der Waals surface area contributed by atoms with Crippen molar-refractivity contribution < 1.29 is 23.1 Å². The van der Waals surface area contributed by atoms with E-state index < -0.39 is 35.2 Å². The zero-order valence-electron chi connectivity index (χ0n) is 12.6. The molecule has 4 nitrogen and oxygen atoms in total. The van der Waals surface area contributed by atoms with Gasteiger partial charge in [-0.25, -0.2) is 13.6 Å². The minimum atomic E-state index is -1.23. The number of nitrogens with one attached hydrogen (secondary N) is 1. The maximum absolute atomic E-state index is 13.5. The third-order valence-electron chi connectivity index (χ3n) is 3.14. The van der Waals surface area contributed by atoms with Gasteiger partial charge in [-0.2, -0.15) is 0 Å². The summed E-state index contributed by atoms with van der Waals surface area (Å²) in [4.78, 5) is 23.8. The third-order valence-corrected chi connectivity index (χ3v) is 3.14. The molecule has 0 aromatic heterocycles. The normalized spacial score (nSPS) is 11.7. The van der Waals surface area contributed by atoms with Gasteiger partial charge in [-0.05, 0) is 38.1 Å². The smallest absolute Gasteiger partial charge is 0.344 e. The molecule has 2 rings (SSSR count). The van der Waals surface area contributed by atoms with Crippen molar-refractivity contribution in [1.29, 1.82) is 0 Å². The van der Waals surface area contributed by atoms with E-state index in [2.05, 4.69) is 5.32 Å². The van der Waals surface area contributed by atoms with Crippen LogP contribution in [0, 0.1) is 18.6 Å². The minimum Gasteiger partial charge on any atom is -0.449 e. The first-order valence-electron chi connectivity index (χ1n) is 6.91. The maximum atomic E-state index is 13.5. The molecule has 2 aromatic carbocycles. The predicted molar refractivity (Wildman–Crippen MR) is 81.0 cm³/mol. The van der Waals surface area contributed by atoms with E-state index in [1.54, 1.807) is 24.3 Å². The molecule has 0 heterocycles. The van der Waals surface area contributed by atoms with E-state index in [0.717, 1.165) is 23.8 Å². The van der Waals surface area contributed by atoms with Gasteiger partial charge in [-0.1, -0.05) is 23.8 Å². The first kappa shape index (κ1) is 16.6. The van der Waals surface area contributed by atoms with Crippen molar-refractivity contribution in [3.63, 3.8) is 0 Å². The van der Waals surface area contributed by atoms with Crippen LogP contribution in [0.1, 0.15) is 22.8 Å². The standard InChI is InChI=1S/C17H15F2NO3/c1-10-6-8-12(9-7-10)20-16(21)11(2)23-17(22)15-13(18)4-3-5-14(15)19/h3-9,11H,1-2H3,(H,20,21)/t11-/m0/s1. The SMILES string of the molecule is Cc1ccc(NC(=O)[C@H](C)OC(=O)c2c(F)cccc2F)cc1. The van der Waals surface area contributed by atoms with Gasteiger partial charge in [0.15, 0.2) is 6.10 Å². The Labute approximate surface area is 132 Å². The second-order valence-corrected chi connectivity index (χ2v) is 5.00. The van der Waals surface area contributed by atoms with Crippen molar-refractivity contribution in [3.8, 4) is 0 Å². The third kappa shape index (κ3) is 4.12. The Balaban J connectivity index is 2.03. The number of rotatable bonds is 4. The number of esters is 1. The molecule has 1 N–H and O–H groups in total. The van der Waals surface area contributed by atoms with Crippen LogP contribution >= 0.6 is 0 Å². The molecule has 23 heavy (non-hydrogen) atoms. The highest BCUT2D eigenvalue weighted by Crippen LogP contribution is 2.15. The summed E-state index contributed by atoms with van der Waals surface area (Å²) in [5.41, 5.74) is 0.737. The number of amides is 1. The van der Waals surface area contributed by atoms with Crippen LogP contribution in [0.3, 0.4) is 0 Å². The lowest BCUT2D eigenvalue weighted by molar-refractivity contribution is -0.123. The average molecular weight is 319 g/mol. The van der Waals surface area contributed by atoms with Gasteiger partial charge < -0.3 is 10.1 Å². The van der Waals surface area contributed by atoms with Crippen LogP contribution in [0.25, 0.3) is 0 Å². The van der Waals surface area contributed by atoms with Gasteiger partial charge >= 0.3 is 5.97 Å². The lowest BCUT2D eigenvalue weighted by Gasteiger charge is -2.14. The highest BCUT2D eigenvalue weighted by molar-refractivity contribution is 5.97. The van der Waals surface area contributed by atoms with E-state index in [1.165, 1.54) is 6.92 Å². The van der Waals surface area contributed by atoms with Crippen molar-refractivity contribution in [2.75, 3.05) is 5.32 Å². The van der Waals surface area contributed by atoms with Crippen LogP contribution in [0.2, 0.25) is 0 Å². The Bertz CT molecular complexity index is 709. The molecule has 0 saturated heterocycles. The number of anilines is 1. The van der Waals surface area contributed by atoms with Gasteiger partial charge in [0.2, 0.25) is 0 Å². The summed E-state index contributed by atoms with van der Waals surface area (Å²) < 4.78 is 31.8. The zero-order chi connectivity index (χ0) is 17.0. The Morgan fingerprint density at radius 2 is 1.61 bits per heavy atom. The molecule has 120 valence electrons. The van der Waals surface area contributed by atoms with E-state index in [-0.39, 0.29) is 0 Å². The average Bonchev–Trinajstić information content (AvgIpc) is 2.49. The fourth-order valence-corrected chi connectivity index (χ4v) is 1.85. The minimum absolute atomic E-state index is 0.528. The number of hydrogen-bond donors (Lipinski definition) is 1. The van der Waals surface area contributed by atoms with Gasteiger partial charge in [0, 0.05) is 5.69 Å². The number of benzene rings is 2. The molecule has 0 aliphatic heterocycles. The van der Waals surface area contributed by atoms with Crippen LogP contribution in [-0.4, -0.2) is 18.0 Å². The van der Waals surface area contributed by atoms with Crippen LogP contribution in [0.15, 0.2) is 42.5 Å². The van der Waals surface area contributed by atoms with E-state index in [4.69, 9.17) is 4.74 Å². The molecule has 0 spiro atoms. The molecular formula is C17H15F2NO3. The number of carbonyl (C=O) groups excluding carboxylic acids is 2. The first-order valence-corrected chi connectivity index (χ1v) is 6.91. The molecule has 0 radical (unpaired) electrons. The Hall–Kier alpha value is -2.76. The topological polar surface area (TPSA) is 55.4 Å². The van der Waals surface area contributed by atoms with Crippen molar-refractivity contribution >= 4 is 17.6 Å². The first-order chi connectivity index (χ1) is 10.9. The summed E-state index contributed by atoms with van der Waals surface area (Å²) >= 11 is 0. The van der Waals surface area contributed by atoms with Crippen LogP contribution in [-0.2, 0) is 9.53 Å². The molecule has 0 aliphatic rings. The van der Waals surface area contributed by atoms with Crippen LogP contribution in [0.4, 0.5) is 14.5 Å². The van der Waals surface area contributed by atoms with Crippen molar-refractivity contribution in [2.24, 2.45) is 0 Å². The van der Waals surface area contributed by atoms with Gasteiger partial charge in [-0.3, -0.25) is 4.79 Å². The molecule has 0 unspecified atom stereocenters. The molecule has 0 aliphatic carbocycles. The number of carbonyl (C=O) groups is 2. The van der Waals surface area contributed by atoms with E-state index >= 15 is 0 Å². The summed E-state index contributed by atoms with van der Waals surface area (Å²) in [6.07, 6.45) is -1.21. The number of hydrogen-bond acceptors (Lipinski definition) is 3. The van der Waals surface area contributed by atoms with E-state index in [1.807, 2.05) is 6.92 Å². The largest absolute Gasteiger partial charge is 0.449 e. The molecule has 0 bridgehead atoms. The highest BCUT2D eigenvalue weighted by atomic mass is 19.1. The fraction of sp³-hybridized carbons (Fsp3) is 0.176. The van der Waals surface area contributed by atoms with Gasteiger partial charge in [0.1, 0.15) is 17.2 Å². The summed E-state index contributed by atoms with van der Waals surface area (Å²) in [5, 5.41) is 2.55. The van der Waals surface area contributed by atoms with Gasteiger partial charge in [-0.15, -0.1) is 0 Å². The quantitative estimate of drug-likeness (QED) is 0.878. The maximum Gasteiger partial charge on any atom is 0.344 e. The Morgan fingerprint density at radius 1 is 1.04 bits per heavy atom. The lowest BCUT2D eigenvalue weighted by Crippen LogP contribution is -2.30. The number of aryl methyl sites for hydroxylation is 1. The fourth-order valence-electron chi connectivity index (χ4n) is 1.85. The van der Waals surface area contributed by atoms with E-state index in [0.29, 0.717) is 5.69 Å². The molecule has 1 amide bonds. The van der Waals surface area contributed by atoms with E-state index in [9.17, 15) is 18.4 Å². The molecule has 2 aromatic rings. The van der Waals surface area contributed by atoms with Crippen molar-refractivity contribution in [1.82, 2.24) is 0 Å². The van der Waals surface area contributed by atoms with Gasteiger partial charge in [0.25, 0.3) is 5.91 Å². The summed E-state index contributed by atoms with van der Waals surface area (Å²) in [7, 11) is 0. The van der Waals surface area contributed by atoms with Crippen LogP contribution < -0.4 is 5.32 Å². The second kappa shape index (κ2) is 7.00. The van der Waals surface area contributed by atoms with Crippen LogP contribution in [0.5, 0.6) is 0 Å². The lowest BCUT2D eigenvalue weighted by atomic mass is 10.2. The Kier molecular flexibility index (Phi) is 5.05. The summed E-state index contributed by atoms with van der Waals surface area (Å²) in [6.45, 7) is 3.22. The molecule has 0 fully saturated rings. The summed E-state index contributed by atoms with van der Waals surface area (Å²) in [5.74, 6) is -3.91. The molecule has 1 atom stereocenters. The van der Waals surface area contributed by atoms with Crippen molar-refractivity contribution in [3.05, 3.63) is 65.2 Å². The molecular weight excluding hydrogens is 304 g/mol. The second-order valence-electron chi connectivity index (χ2n) is 5.00. The zero-order valence-corrected chi connectivity index (χ0v) is 12.6. The number of ether oxygens (including phenoxy) is 1. The number of halogens is 2. The highest BCUT2D eigenvalue weighted by Gasteiger charge is 2.24. The summed E-state index contributed by atoms with van der Waals surface area (Å²) in [6, 6.07) is 10.0. The monoisotopic (exact) mass is 319 g/mol. The Morgan fingerprint density at radius 3 is 2.17 bits per heavy atom. The predicted octanol–water partition coefficient (Wildman–Crippen LogP) is 3.46. The van der Waals surface area contributed by atoms with Crippen molar-refractivity contribution in [2.45, 2.75) is 20.0 Å². The van der Waals surface area contributed by atoms with Gasteiger partial charge in [0.05, 0.1) is 0 Å². The molecule has 6 heteroatoms. The molecule has 0 saturated carbocycles.